The molecule has 0 spiro atoms. The predicted molar refractivity (Wildman–Crippen MR) is 174 cm³/mol. The molecular formula is C38H62O4. The predicted octanol–water partition coefficient (Wildman–Crippen LogP) is 10.1. The fourth-order valence-corrected chi connectivity index (χ4v) is 7.69. The van der Waals surface area contributed by atoms with Crippen molar-refractivity contribution in [3.8, 4) is 0 Å². The second-order valence-corrected chi connectivity index (χ2v) is 14.3. The minimum Gasteiger partial charge on any atom is -0.465 e. The van der Waals surface area contributed by atoms with Crippen molar-refractivity contribution in [3.05, 3.63) is 34.4 Å². The zero-order chi connectivity index (χ0) is 30.4. The van der Waals surface area contributed by atoms with Crippen LogP contribution in [0.15, 0.2) is 34.4 Å². The lowest BCUT2D eigenvalue weighted by Gasteiger charge is -2.48. The van der Waals surface area contributed by atoms with E-state index in [1.165, 1.54) is 100 Å². The smallest absolute Gasteiger partial charge is 0.305 e. The average molecular weight is 583 g/mol. The van der Waals surface area contributed by atoms with Crippen molar-refractivity contribution in [2.45, 2.75) is 169 Å². The van der Waals surface area contributed by atoms with Crippen LogP contribution < -0.4 is 0 Å². The van der Waals surface area contributed by atoms with Crippen LogP contribution in [0, 0.1) is 16.7 Å². The fraction of sp³-hybridized carbons (Fsp3) is 0.789. The van der Waals surface area contributed by atoms with Crippen LogP contribution in [0.4, 0.5) is 0 Å². The van der Waals surface area contributed by atoms with Crippen molar-refractivity contribution in [1.29, 1.82) is 0 Å². The van der Waals surface area contributed by atoms with Crippen LogP contribution in [0.2, 0.25) is 0 Å². The molecule has 4 atom stereocenters. The number of carbonyl (C=O) groups excluding carboxylic acids is 2. The fourth-order valence-electron chi connectivity index (χ4n) is 7.69. The zero-order valence-electron chi connectivity index (χ0n) is 27.6. The van der Waals surface area contributed by atoms with Gasteiger partial charge < -0.3 is 9.84 Å². The molecule has 4 nitrogen and oxygen atoms in total. The maximum absolute atomic E-state index is 12.6. The van der Waals surface area contributed by atoms with E-state index >= 15 is 0 Å². The molecule has 3 aliphatic carbocycles. The van der Waals surface area contributed by atoms with Gasteiger partial charge in [0.15, 0.2) is 0 Å². The van der Waals surface area contributed by atoms with Gasteiger partial charge in [-0.05, 0) is 54.2 Å². The summed E-state index contributed by atoms with van der Waals surface area (Å²) in [6.45, 7) is 9.40. The number of aliphatic hydroxyl groups is 1. The summed E-state index contributed by atoms with van der Waals surface area (Å²) in [7, 11) is 0. The highest BCUT2D eigenvalue weighted by Gasteiger charge is 2.51. The SMILES string of the molecule is CCCCCCCCCCCCCCCCCC(=O)OCC(C)C1=C2C3=CC=C(C=O)CC(O)C3(C)CCC2(C)CC1. The van der Waals surface area contributed by atoms with Gasteiger partial charge in [-0.3, -0.25) is 9.59 Å². The molecule has 0 aromatic carbocycles. The van der Waals surface area contributed by atoms with Gasteiger partial charge in [0.25, 0.3) is 0 Å². The van der Waals surface area contributed by atoms with Gasteiger partial charge in [-0.2, -0.15) is 0 Å². The second kappa shape index (κ2) is 17.6. The molecule has 0 heterocycles. The molecule has 1 saturated carbocycles. The monoisotopic (exact) mass is 582 g/mol. The van der Waals surface area contributed by atoms with Gasteiger partial charge in [-0.1, -0.05) is 135 Å². The van der Waals surface area contributed by atoms with Crippen LogP contribution in [0.1, 0.15) is 163 Å². The normalized spacial score (nSPS) is 26.2. The Labute approximate surface area is 257 Å². The lowest BCUT2D eigenvalue weighted by molar-refractivity contribution is -0.144. The van der Waals surface area contributed by atoms with Crippen LogP contribution in [0.25, 0.3) is 0 Å². The van der Waals surface area contributed by atoms with Gasteiger partial charge in [0, 0.05) is 24.2 Å². The first-order chi connectivity index (χ1) is 20.2. The lowest BCUT2D eigenvalue weighted by Crippen LogP contribution is -2.41. The van der Waals surface area contributed by atoms with E-state index in [9.17, 15) is 14.7 Å². The first-order valence-electron chi connectivity index (χ1n) is 17.7. The minimum atomic E-state index is -0.565. The molecule has 0 aliphatic heterocycles. The van der Waals surface area contributed by atoms with E-state index in [2.05, 4.69) is 33.8 Å². The number of rotatable bonds is 20. The summed E-state index contributed by atoms with van der Waals surface area (Å²) >= 11 is 0. The Kier molecular flexibility index (Phi) is 14.6. The quantitative estimate of drug-likeness (QED) is 0.0881. The van der Waals surface area contributed by atoms with Crippen LogP contribution in [0.3, 0.4) is 0 Å². The molecule has 0 bridgehead atoms. The van der Waals surface area contributed by atoms with Crippen molar-refractivity contribution < 1.29 is 19.4 Å². The number of aldehydes is 1. The number of carbonyl (C=O) groups is 2. The number of fused-ring (bicyclic) bond motifs is 3. The molecule has 42 heavy (non-hydrogen) atoms. The third-order valence-corrected chi connectivity index (χ3v) is 10.8. The van der Waals surface area contributed by atoms with Crippen LogP contribution in [0.5, 0.6) is 0 Å². The maximum atomic E-state index is 12.6. The van der Waals surface area contributed by atoms with E-state index in [4.69, 9.17) is 4.74 Å². The molecule has 3 aliphatic rings. The third kappa shape index (κ3) is 9.66. The number of hydrogen-bond acceptors (Lipinski definition) is 4. The summed E-state index contributed by atoms with van der Waals surface area (Å²) in [6.07, 6.45) is 29.1. The van der Waals surface area contributed by atoms with E-state index in [0.717, 1.165) is 44.8 Å². The van der Waals surface area contributed by atoms with Crippen LogP contribution in [-0.4, -0.2) is 30.1 Å². The summed E-state index contributed by atoms with van der Waals surface area (Å²) < 4.78 is 5.79. The van der Waals surface area contributed by atoms with E-state index in [-0.39, 0.29) is 22.7 Å². The maximum Gasteiger partial charge on any atom is 0.305 e. The zero-order valence-corrected chi connectivity index (χ0v) is 27.6. The Morgan fingerprint density at radius 2 is 1.48 bits per heavy atom. The van der Waals surface area contributed by atoms with Gasteiger partial charge in [0.05, 0.1) is 12.7 Å². The molecule has 0 aromatic rings. The first kappa shape index (κ1) is 34.8. The molecule has 3 rings (SSSR count). The molecule has 0 saturated heterocycles. The average Bonchev–Trinajstić information content (AvgIpc) is 3.27. The van der Waals surface area contributed by atoms with E-state index in [1.807, 2.05) is 6.08 Å². The van der Waals surface area contributed by atoms with Gasteiger partial charge in [0.1, 0.15) is 6.29 Å². The molecule has 4 unspecified atom stereocenters. The Morgan fingerprint density at radius 3 is 2.05 bits per heavy atom. The van der Waals surface area contributed by atoms with Gasteiger partial charge >= 0.3 is 5.97 Å². The van der Waals surface area contributed by atoms with E-state index in [0.29, 0.717) is 25.0 Å². The number of allylic oxidation sites excluding steroid dienone is 3. The van der Waals surface area contributed by atoms with Gasteiger partial charge in [0.2, 0.25) is 0 Å². The lowest BCUT2D eigenvalue weighted by atomic mass is 9.57. The highest BCUT2D eigenvalue weighted by molar-refractivity contribution is 5.75. The van der Waals surface area contributed by atoms with E-state index < -0.39 is 6.10 Å². The van der Waals surface area contributed by atoms with Crippen molar-refractivity contribution >= 4 is 12.3 Å². The molecule has 4 heteroatoms. The number of ether oxygens (including phenoxy) is 1. The molecule has 0 amide bonds. The molecule has 1 fully saturated rings. The Bertz CT molecular complexity index is 958. The number of hydrogen-bond donors (Lipinski definition) is 1. The molecule has 0 aromatic heterocycles. The van der Waals surface area contributed by atoms with Crippen molar-refractivity contribution in [3.63, 3.8) is 0 Å². The van der Waals surface area contributed by atoms with E-state index in [1.54, 1.807) is 0 Å². The Morgan fingerprint density at radius 1 is 0.905 bits per heavy atom. The topological polar surface area (TPSA) is 63.6 Å². The molecule has 0 radical (unpaired) electrons. The van der Waals surface area contributed by atoms with Gasteiger partial charge in [-0.25, -0.2) is 0 Å². The largest absolute Gasteiger partial charge is 0.465 e. The second-order valence-electron chi connectivity index (χ2n) is 14.3. The standard InChI is InChI=1S/C38H62O4/c1-5-6-7-8-9-10-11-12-13-14-15-16-17-18-19-20-35(41)42-29-30(2)32-23-24-37(3)25-26-38(4)33(36(32)37)22-21-31(28-39)27-34(38)40/h21-22,28,30,34,40H,5-20,23-27,29H2,1-4H3. The molecule has 238 valence electrons. The Balaban J connectivity index is 1.34. The summed E-state index contributed by atoms with van der Waals surface area (Å²) in [5.74, 6) is 0.0871. The minimum absolute atomic E-state index is 0.0703. The van der Waals surface area contributed by atoms with Gasteiger partial charge in [-0.15, -0.1) is 0 Å². The van der Waals surface area contributed by atoms with Crippen LogP contribution in [-0.2, 0) is 14.3 Å². The van der Waals surface area contributed by atoms with Crippen molar-refractivity contribution in [2.75, 3.05) is 6.61 Å². The number of esters is 1. The summed E-state index contributed by atoms with van der Waals surface area (Å²) in [5, 5.41) is 11.1. The van der Waals surface area contributed by atoms with Crippen molar-refractivity contribution in [2.24, 2.45) is 16.7 Å². The van der Waals surface area contributed by atoms with Crippen LogP contribution >= 0.6 is 0 Å². The third-order valence-electron chi connectivity index (χ3n) is 10.8. The first-order valence-corrected chi connectivity index (χ1v) is 17.7. The summed E-state index contributed by atoms with van der Waals surface area (Å²) in [5.41, 5.74) is 4.34. The summed E-state index contributed by atoms with van der Waals surface area (Å²) in [4.78, 5) is 24.1. The highest BCUT2D eigenvalue weighted by Crippen LogP contribution is 2.61. The highest BCUT2D eigenvalue weighted by atomic mass is 16.5. The Hall–Kier alpha value is -1.68. The number of unbranched alkanes of at least 4 members (excludes halogenated alkanes) is 14. The number of aliphatic hydroxyl groups excluding tert-OH is 1. The van der Waals surface area contributed by atoms with Crippen molar-refractivity contribution in [1.82, 2.24) is 0 Å². The summed E-state index contributed by atoms with van der Waals surface area (Å²) in [6, 6.07) is 0. The molecule has 1 N–H and O–H groups in total. The molecular weight excluding hydrogens is 520 g/mol.